The van der Waals surface area contributed by atoms with Crippen LogP contribution in [0, 0.1) is 0 Å². The van der Waals surface area contributed by atoms with Crippen LogP contribution in [0.4, 0.5) is 5.69 Å². The van der Waals surface area contributed by atoms with E-state index in [0.717, 1.165) is 71.4 Å². The minimum absolute atomic E-state index is 0. The number of hydrogen-bond acceptors (Lipinski definition) is 6. The van der Waals surface area contributed by atoms with Crippen LogP contribution in [0.2, 0.25) is 5.02 Å². The summed E-state index contributed by atoms with van der Waals surface area (Å²) in [5, 5.41) is 15.1. The number of carbonyl (C=O) groups excluding carboxylic acids is 1. The second kappa shape index (κ2) is 14.3. The van der Waals surface area contributed by atoms with Gasteiger partial charge in [0.25, 0.3) is 0 Å². The van der Waals surface area contributed by atoms with Gasteiger partial charge < -0.3 is 19.8 Å². The van der Waals surface area contributed by atoms with E-state index in [9.17, 15) is 9.90 Å². The van der Waals surface area contributed by atoms with Gasteiger partial charge in [-0.05, 0) is 54.8 Å². The highest BCUT2D eigenvalue weighted by atomic mass is 35.5. The molecule has 0 aliphatic carbocycles. The summed E-state index contributed by atoms with van der Waals surface area (Å²) in [5.74, 6) is -0.310. The topological polar surface area (TPSA) is 84.5 Å². The average Bonchev–Trinajstić information content (AvgIpc) is 3.42. The van der Waals surface area contributed by atoms with Crippen LogP contribution < -0.4 is 10.2 Å². The van der Waals surface area contributed by atoms with Gasteiger partial charge in [-0.25, -0.2) is 4.98 Å². The van der Waals surface area contributed by atoms with Crippen molar-refractivity contribution in [3.63, 3.8) is 0 Å². The summed E-state index contributed by atoms with van der Waals surface area (Å²) in [4.78, 5) is 25.1. The molecule has 0 spiro atoms. The van der Waals surface area contributed by atoms with Gasteiger partial charge in [0, 0.05) is 60.6 Å². The summed E-state index contributed by atoms with van der Waals surface area (Å²) in [6.45, 7) is 7.43. The number of aliphatic hydroxyl groups excluding tert-OH is 1. The van der Waals surface area contributed by atoms with Crippen LogP contribution in [0.3, 0.4) is 0 Å². The van der Waals surface area contributed by atoms with Crippen molar-refractivity contribution < 1.29 is 9.90 Å². The number of anilines is 1. The Kier molecular flexibility index (Phi) is 11.4. The van der Waals surface area contributed by atoms with Crippen LogP contribution in [0.5, 0.6) is 0 Å². The first-order valence-electron chi connectivity index (χ1n) is 13.1. The number of aromatic amines is 1. The maximum atomic E-state index is 12.4. The van der Waals surface area contributed by atoms with Crippen molar-refractivity contribution in [3.8, 4) is 11.1 Å². The van der Waals surface area contributed by atoms with Gasteiger partial charge in [-0.15, -0.1) is 24.8 Å². The number of rotatable bonds is 9. The average molecular weight is 605 g/mol. The van der Waals surface area contributed by atoms with Gasteiger partial charge in [0.15, 0.2) is 0 Å². The number of aldehydes is 1. The zero-order chi connectivity index (χ0) is 26.6. The highest BCUT2D eigenvalue weighted by Gasteiger charge is 2.32. The van der Waals surface area contributed by atoms with Crippen molar-refractivity contribution >= 4 is 59.4 Å². The second-order valence-electron chi connectivity index (χ2n) is 10.1. The Labute approximate surface area is 252 Å². The van der Waals surface area contributed by atoms with Crippen molar-refractivity contribution in [2.45, 2.75) is 38.6 Å². The third-order valence-electron chi connectivity index (χ3n) is 7.25. The van der Waals surface area contributed by atoms with E-state index in [4.69, 9.17) is 11.6 Å². The van der Waals surface area contributed by atoms with Gasteiger partial charge in [0.05, 0.1) is 24.4 Å². The molecule has 3 heterocycles. The summed E-state index contributed by atoms with van der Waals surface area (Å²) in [7, 11) is 0. The molecule has 2 aromatic carbocycles. The lowest BCUT2D eigenvalue weighted by Crippen LogP contribution is -2.58. The number of benzene rings is 2. The van der Waals surface area contributed by atoms with Crippen LogP contribution in [-0.4, -0.2) is 64.6 Å². The third-order valence-corrected chi connectivity index (χ3v) is 7.50. The molecule has 0 amide bonds. The van der Waals surface area contributed by atoms with Crippen molar-refractivity contribution in [3.05, 3.63) is 83.1 Å². The Morgan fingerprint density at radius 2 is 1.80 bits per heavy atom. The molecular formula is C30H36Cl3N5O2. The molecular weight excluding hydrogens is 569 g/mol. The summed E-state index contributed by atoms with van der Waals surface area (Å²) < 4.78 is 0. The molecule has 10 heteroatoms. The van der Waals surface area contributed by atoms with E-state index in [2.05, 4.69) is 51.1 Å². The van der Waals surface area contributed by atoms with E-state index < -0.39 is 0 Å². The fourth-order valence-corrected chi connectivity index (χ4v) is 5.53. The molecule has 2 unspecified atom stereocenters. The van der Waals surface area contributed by atoms with Gasteiger partial charge >= 0.3 is 0 Å². The number of aromatic nitrogens is 2. The molecule has 7 nitrogen and oxygen atoms in total. The Balaban J connectivity index is 0.00000220. The second-order valence-corrected chi connectivity index (χ2v) is 10.6. The highest BCUT2D eigenvalue weighted by Crippen LogP contribution is 2.37. The minimum Gasteiger partial charge on any atom is -0.392 e. The number of halogens is 3. The van der Waals surface area contributed by atoms with E-state index in [-0.39, 0.29) is 49.5 Å². The summed E-state index contributed by atoms with van der Waals surface area (Å²) >= 11 is 6.11. The Morgan fingerprint density at radius 3 is 2.45 bits per heavy atom. The van der Waals surface area contributed by atoms with Gasteiger partial charge in [0.1, 0.15) is 11.9 Å². The molecule has 0 saturated carbocycles. The number of aliphatic hydroxyl groups is 1. The molecule has 5 rings (SSSR count). The standard InChI is InChI=1S/C30H34ClN5O2.2ClH/c1-20(2)34-30(27(19-38)22-6-8-24(31)9-7-22)36-14-12-35(13-15-36)28-25-10-11-32-29(25)33-17-26(28)23-5-3-4-21(16-23)18-37;;/h3-11,16-17,19-20,27,30,34,37H,12-15,18H2,1-2H3,(H,32,33);2*1H. The lowest BCUT2D eigenvalue weighted by atomic mass is 9.95. The highest BCUT2D eigenvalue weighted by molar-refractivity contribution is 6.30. The first-order chi connectivity index (χ1) is 18.5. The molecule has 3 N–H and O–H groups in total. The first-order valence-corrected chi connectivity index (χ1v) is 13.5. The molecule has 4 aromatic rings. The Bertz CT molecular complexity index is 1390. The van der Waals surface area contributed by atoms with E-state index in [1.165, 1.54) is 0 Å². The maximum absolute atomic E-state index is 12.4. The smallest absolute Gasteiger partial charge is 0.139 e. The van der Waals surface area contributed by atoms with Gasteiger partial charge in [0.2, 0.25) is 0 Å². The molecule has 214 valence electrons. The van der Waals surface area contributed by atoms with Gasteiger partial charge in [-0.3, -0.25) is 10.2 Å². The fraction of sp³-hybridized carbons (Fsp3) is 0.333. The van der Waals surface area contributed by atoms with Crippen LogP contribution >= 0.6 is 36.4 Å². The predicted octanol–water partition coefficient (Wildman–Crippen LogP) is 5.65. The maximum Gasteiger partial charge on any atom is 0.139 e. The zero-order valence-electron chi connectivity index (χ0n) is 22.6. The van der Waals surface area contributed by atoms with Crippen molar-refractivity contribution in [2.24, 2.45) is 0 Å². The number of carbonyl (C=O) groups is 1. The molecule has 0 bridgehead atoms. The first kappa shape index (κ1) is 31.9. The minimum atomic E-state index is -0.310. The zero-order valence-corrected chi connectivity index (χ0v) is 25.0. The molecule has 2 atom stereocenters. The molecule has 0 radical (unpaired) electrons. The normalized spacial score (nSPS) is 15.4. The summed E-state index contributed by atoms with van der Waals surface area (Å²) in [6.07, 6.45) is 4.77. The molecule has 1 aliphatic heterocycles. The van der Waals surface area contributed by atoms with Crippen molar-refractivity contribution in [2.75, 3.05) is 31.1 Å². The van der Waals surface area contributed by atoms with Crippen LogP contribution in [0.1, 0.15) is 30.9 Å². The number of nitrogens with zero attached hydrogens (tertiary/aromatic N) is 3. The van der Waals surface area contributed by atoms with Crippen LogP contribution in [0.25, 0.3) is 22.2 Å². The SMILES string of the molecule is CC(C)NC(C(C=O)c1ccc(Cl)cc1)N1CCN(c2c(-c3cccc(CO)c3)cnc3[nH]ccc23)CC1.Cl.Cl. The Hall–Kier alpha value is -2.65. The summed E-state index contributed by atoms with van der Waals surface area (Å²) in [5.41, 5.74) is 5.91. The van der Waals surface area contributed by atoms with Crippen molar-refractivity contribution in [1.82, 2.24) is 20.2 Å². The predicted molar refractivity (Wildman–Crippen MR) is 168 cm³/mol. The number of hydrogen-bond donors (Lipinski definition) is 3. The summed E-state index contributed by atoms with van der Waals surface area (Å²) in [6, 6.07) is 17.9. The van der Waals surface area contributed by atoms with Crippen molar-refractivity contribution in [1.29, 1.82) is 0 Å². The third kappa shape index (κ3) is 6.79. The molecule has 1 fully saturated rings. The number of H-pyrrole nitrogens is 1. The lowest BCUT2D eigenvalue weighted by molar-refractivity contribution is -0.111. The number of fused-ring (bicyclic) bond motifs is 1. The number of piperazine rings is 1. The fourth-order valence-electron chi connectivity index (χ4n) is 5.40. The van der Waals surface area contributed by atoms with E-state index >= 15 is 0 Å². The Morgan fingerprint density at radius 1 is 1.07 bits per heavy atom. The van der Waals surface area contributed by atoms with Crippen LogP contribution in [-0.2, 0) is 11.4 Å². The molecule has 1 aliphatic rings. The largest absolute Gasteiger partial charge is 0.392 e. The molecule has 2 aromatic heterocycles. The number of pyridine rings is 1. The van der Waals surface area contributed by atoms with Gasteiger partial charge in [-0.2, -0.15) is 0 Å². The van der Waals surface area contributed by atoms with E-state index in [1.54, 1.807) is 0 Å². The van der Waals surface area contributed by atoms with E-state index in [0.29, 0.717) is 5.02 Å². The number of nitrogens with one attached hydrogen (secondary N) is 2. The monoisotopic (exact) mass is 603 g/mol. The molecule has 1 saturated heterocycles. The lowest BCUT2D eigenvalue weighted by Gasteiger charge is -2.43. The quantitative estimate of drug-likeness (QED) is 0.214. The van der Waals surface area contributed by atoms with E-state index in [1.807, 2.05) is 54.9 Å². The molecule has 40 heavy (non-hydrogen) atoms. The van der Waals surface area contributed by atoms with Crippen LogP contribution in [0.15, 0.2) is 67.0 Å². The van der Waals surface area contributed by atoms with Gasteiger partial charge in [-0.1, -0.05) is 41.9 Å².